The van der Waals surface area contributed by atoms with Gasteiger partial charge in [0.25, 0.3) is 0 Å². The van der Waals surface area contributed by atoms with Gasteiger partial charge >= 0.3 is 0 Å². The van der Waals surface area contributed by atoms with Gasteiger partial charge in [-0.05, 0) is 18.2 Å². The van der Waals surface area contributed by atoms with E-state index in [1.54, 1.807) is 18.2 Å². The van der Waals surface area contributed by atoms with Gasteiger partial charge in [0.15, 0.2) is 11.6 Å². The Morgan fingerprint density at radius 1 is 1.22 bits per heavy atom. The highest BCUT2D eigenvalue weighted by molar-refractivity contribution is 5.27. The molecule has 8 nitrogen and oxygen atoms in total. The molecule has 0 spiro atoms. The van der Waals surface area contributed by atoms with Gasteiger partial charge in [-0.25, -0.2) is 14.4 Å². The van der Waals surface area contributed by atoms with Gasteiger partial charge in [0.2, 0.25) is 5.95 Å². The lowest BCUT2D eigenvalue weighted by Gasteiger charge is -2.32. The summed E-state index contributed by atoms with van der Waals surface area (Å²) in [6.45, 7) is 3.38. The van der Waals surface area contributed by atoms with Gasteiger partial charge in [-0.1, -0.05) is 12.1 Å². The van der Waals surface area contributed by atoms with Crippen LogP contribution in [0.4, 0.5) is 10.3 Å². The number of benzene rings is 1. The minimum Gasteiger partial charge on any atom is -0.490 e. The molecule has 9 heteroatoms. The van der Waals surface area contributed by atoms with E-state index in [2.05, 4.69) is 20.0 Å². The van der Waals surface area contributed by atoms with E-state index < -0.39 is 0 Å². The number of aromatic nitrogens is 4. The molecule has 1 aliphatic heterocycles. The number of rotatable bonds is 8. The van der Waals surface area contributed by atoms with Gasteiger partial charge in [0.05, 0.1) is 18.9 Å². The van der Waals surface area contributed by atoms with Crippen LogP contribution < -0.4 is 9.64 Å². The summed E-state index contributed by atoms with van der Waals surface area (Å²) in [6, 6.07) is 8.48. The van der Waals surface area contributed by atoms with Crippen LogP contribution in [0.5, 0.6) is 5.75 Å². The van der Waals surface area contributed by atoms with Crippen LogP contribution in [0.2, 0.25) is 0 Å². The summed E-state index contributed by atoms with van der Waals surface area (Å²) in [4.78, 5) is 13.0. The average Bonchev–Trinajstić information content (AvgIpc) is 3.16. The first-order valence-corrected chi connectivity index (χ1v) is 10.7. The second kappa shape index (κ2) is 10.1. The quantitative estimate of drug-likeness (QED) is 0.533. The molecule has 3 aromatic rings. The highest BCUT2D eigenvalue weighted by Crippen LogP contribution is 2.23. The lowest BCUT2D eigenvalue weighted by Crippen LogP contribution is -2.38. The van der Waals surface area contributed by atoms with Crippen molar-refractivity contribution < 1.29 is 13.9 Å². The monoisotopic (exact) mass is 440 g/mol. The maximum atomic E-state index is 13.7. The molecule has 1 unspecified atom stereocenters. The van der Waals surface area contributed by atoms with Gasteiger partial charge in [-0.15, -0.1) is 0 Å². The molecule has 2 aromatic heterocycles. The molecule has 0 aliphatic carbocycles. The molecule has 1 atom stereocenters. The van der Waals surface area contributed by atoms with Crippen LogP contribution in [-0.4, -0.2) is 65.0 Å². The largest absolute Gasteiger partial charge is 0.490 e. The van der Waals surface area contributed by atoms with Gasteiger partial charge in [0, 0.05) is 70.8 Å². The number of nitrogens with zero attached hydrogens (tertiary/aromatic N) is 6. The Morgan fingerprint density at radius 3 is 2.75 bits per heavy atom. The summed E-state index contributed by atoms with van der Waals surface area (Å²) in [5.74, 6) is 0.619. The van der Waals surface area contributed by atoms with Crippen molar-refractivity contribution >= 4 is 5.95 Å². The molecule has 1 aliphatic rings. The fourth-order valence-electron chi connectivity index (χ4n) is 3.69. The van der Waals surface area contributed by atoms with E-state index in [9.17, 15) is 4.39 Å². The van der Waals surface area contributed by atoms with Crippen molar-refractivity contribution in [1.82, 2.24) is 24.6 Å². The fourth-order valence-corrected chi connectivity index (χ4v) is 3.69. The van der Waals surface area contributed by atoms with E-state index in [0.29, 0.717) is 25.6 Å². The molecule has 3 heterocycles. The van der Waals surface area contributed by atoms with Crippen LogP contribution in [0.15, 0.2) is 42.7 Å². The maximum Gasteiger partial charge on any atom is 0.224 e. The highest BCUT2D eigenvalue weighted by Gasteiger charge is 2.25. The topological polar surface area (TPSA) is 68.5 Å². The van der Waals surface area contributed by atoms with Crippen molar-refractivity contribution in [3.8, 4) is 5.75 Å². The normalized spacial score (nSPS) is 16.8. The number of hydrogen-bond acceptors (Lipinski definition) is 7. The van der Waals surface area contributed by atoms with E-state index in [0.717, 1.165) is 36.6 Å². The standard InChI is InChI=1S/C23H29FN6O2/c1-28(2)23-25-13-17(14-26-23)15-30-9-11-32-22(16-30)20-12-18(29(3)27-20)8-10-31-21-7-5-4-6-19(21)24/h4-7,12-14,22H,8-11,15-16H2,1-3H3. The van der Waals surface area contributed by atoms with Crippen LogP contribution in [-0.2, 0) is 24.8 Å². The number of aryl methyl sites for hydroxylation is 1. The van der Waals surface area contributed by atoms with Crippen molar-refractivity contribution in [2.45, 2.75) is 19.1 Å². The summed E-state index contributed by atoms with van der Waals surface area (Å²) in [5, 5.41) is 4.66. The first-order chi connectivity index (χ1) is 15.5. The van der Waals surface area contributed by atoms with E-state index in [-0.39, 0.29) is 17.7 Å². The molecule has 0 amide bonds. The van der Waals surface area contributed by atoms with E-state index in [1.807, 2.05) is 49.2 Å². The van der Waals surface area contributed by atoms with Crippen molar-refractivity contribution in [2.75, 3.05) is 45.3 Å². The Kier molecular flexibility index (Phi) is 6.96. The molecule has 4 rings (SSSR count). The van der Waals surface area contributed by atoms with E-state index in [1.165, 1.54) is 6.07 Å². The number of hydrogen-bond donors (Lipinski definition) is 0. The third-order valence-corrected chi connectivity index (χ3v) is 5.43. The molecule has 0 radical (unpaired) electrons. The summed E-state index contributed by atoms with van der Waals surface area (Å²) in [6.07, 6.45) is 4.28. The first kappa shape index (κ1) is 22.2. The van der Waals surface area contributed by atoms with Crippen LogP contribution in [0.3, 0.4) is 0 Å². The molecule has 0 N–H and O–H groups in total. The van der Waals surface area contributed by atoms with Gasteiger partial charge in [-0.2, -0.15) is 5.10 Å². The number of morpholine rings is 1. The number of para-hydroxylation sites is 1. The third kappa shape index (κ3) is 5.41. The Bertz CT molecular complexity index is 1020. The van der Waals surface area contributed by atoms with Crippen LogP contribution in [0.1, 0.15) is 23.1 Å². The number of ether oxygens (including phenoxy) is 2. The Balaban J connectivity index is 1.33. The zero-order valence-electron chi connectivity index (χ0n) is 18.7. The lowest BCUT2D eigenvalue weighted by molar-refractivity contribution is -0.0352. The first-order valence-electron chi connectivity index (χ1n) is 10.7. The predicted octanol–water partition coefficient (Wildman–Crippen LogP) is 2.61. The summed E-state index contributed by atoms with van der Waals surface area (Å²) >= 11 is 0. The Hall–Kier alpha value is -3.04. The van der Waals surface area contributed by atoms with Gasteiger partial charge < -0.3 is 14.4 Å². The molecular formula is C23H29FN6O2. The van der Waals surface area contributed by atoms with Crippen LogP contribution in [0.25, 0.3) is 0 Å². The third-order valence-electron chi connectivity index (χ3n) is 5.43. The van der Waals surface area contributed by atoms with Gasteiger partial charge in [-0.3, -0.25) is 9.58 Å². The number of halogens is 1. The zero-order chi connectivity index (χ0) is 22.5. The lowest BCUT2D eigenvalue weighted by atomic mass is 10.1. The Labute approximate surface area is 187 Å². The van der Waals surface area contributed by atoms with Crippen molar-refractivity contribution in [3.63, 3.8) is 0 Å². The van der Waals surface area contributed by atoms with Crippen molar-refractivity contribution in [1.29, 1.82) is 0 Å². The smallest absolute Gasteiger partial charge is 0.224 e. The summed E-state index contributed by atoms with van der Waals surface area (Å²) in [5.41, 5.74) is 2.99. The summed E-state index contributed by atoms with van der Waals surface area (Å²) < 4.78 is 27.2. The number of anilines is 1. The van der Waals surface area contributed by atoms with E-state index >= 15 is 0 Å². The molecule has 0 saturated carbocycles. The average molecular weight is 441 g/mol. The van der Waals surface area contributed by atoms with Crippen LogP contribution >= 0.6 is 0 Å². The molecule has 1 aromatic carbocycles. The van der Waals surface area contributed by atoms with E-state index in [4.69, 9.17) is 9.47 Å². The second-order valence-corrected chi connectivity index (χ2v) is 8.09. The molecule has 1 fully saturated rings. The molecule has 0 bridgehead atoms. The molecule has 170 valence electrons. The molecular weight excluding hydrogens is 411 g/mol. The molecule has 32 heavy (non-hydrogen) atoms. The highest BCUT2D eigenvalue weighted by atomic mass is 19.1. The molecule has 1 saturated heterocycles. The summed E-state index contributed by atoms with van der Waals surface area (Å²) in [7, 11) is 5.76. The maximum absolute atomic E-state index is 13.7. The van der Waals surface area contributed by atoms with Crippen molar-refractivity contribution in [3.05, 3.63) is 65.5 Å². The second-order valence-electron chi connectivity index (χ2n) is 8.09. The van der Waals surface area contributed by atoms with Gasteiger partial charge in [0.1, 0.15) is 6.10 Å². The minimum atomic E-state index is -0.351. The van der Waals surface area contributed by atoms with Crippen molar-refractivity contribution in [2.24, 2.45) is 7.05 Å². The predicted molar refractivity (Wildman–Crippen MR) is 119 cm³/mol. The minimum absolute atomic E-state index is 0.0989. The fraction of sp³-hybridized carbons (Fsp3) is 0.435. The van der Waals surface area contributed by atoms with Crippen LogP contribution in [0, 0.1) is 5.82 Å². The zero-order valence-corrected chi connectivity index (χ0v) is 18.7. The Morgan fingerprint density at radius 2 is 2.00 bits per heavy atom. The SMILES string of the molecule is CN(C)c1ncc(CN2CCOC(c3cc(CCOc4ccccc4F)n(C)n3)C2)cn1.